The highest BCUT2D eigenvalue weighted by Crippen LogP contribution is 2.26. The molecule has 1 saturated heterocycles. The van der Waals surface area contributed by atoms with Gasteiger partial charge in [-0.2, -0.15) is 4.31 Å². The summed E-state index contributed by atoms with van der Waals surface area (Å²) in [5.41, 5.74) is 1.35. The molecule has 0 saturated carbocycles. The molecular formula is C22H25N3O4S2. The average Bonchev–Trinajstić information content (AvgIpc) is 3.08. The van der Waals surface area contributed by atoms with Crippen molar-refractivity contribution in [2.24, 2.45) is 0 Å². The van der Waals surface area contributed by atoms with Crippen molar-refractivity contribution in [1.29, 1.82) is 0 Å². The Kier molecular flexibility index (Phi) is 6.27. The summed E-state index contributed by atoms with van der Waals surface area (Å²) in [5, 5.41) is 2.78. The van der Waals surface area contributed by atoms with E-state index in [4.69, 9.17) is 0 Å². The van der Waals surface area contributed by atoms with Crippen LogP contribution in [-0.4, -0.2) is 35.8 Å². The summed E-state index contributed by atoms with van der Waals surface area (Å²) in [6, 6.07) is 13.8. The zero-order valence-corrected chi connectivity index (χ0v) is 18.9. The minimum Gasteiger partial charge on any atom is -0.326 e. The van der Waals surface area contributed by atoms with E-state index >= 15 is 0 Å². The molecule has 0 unspecified atom stereocenters. The normalized spacial score (nSPS) is 17.6. The summed E-state index contributed by atoms with van der Waals surface area (Å²) in [5.74, 6) is -0.234. The van der Waals surface area contributed by atoms with Gasteiger partial charge < -0.3 is 5.32 Å². The standard InChI is InChI=1S/C22H25N3O4S2/c1-16-6-4-5-14-25(16)31(28,29)18-11-9-17(10-12-18)23-21(26)13-15-24-19-7-2-3-8-20(19)30-22(24)27/h2-3,7-12,16H,4-6,13-15H2,1H3,(H,23,26)/t16-/m0/s1. The number of rotatable bonds is 6. The zero-order valence-electron chi connectivity index (χ0n) is 17.3. The number of benzene rings is 2. The van der Waals surface area contributed by atoms with Crippen molar-refractivity contribution in [2.45, 2.75) is 50.1 Å². The summed E-state index contributed by atoms with van der Waals surface area (Å²) in [6.07, 6.45) is 2.94. The summed E-state index contributed by atoms with van der Waals surface area (Å²) in [7, 11) is -3.54. The van der Waals surface area contributed by atoms with Gasteiger partial charge in [0.15, 0.2) is 0 Å². The number of sulfonamides is 1. The Morgan fingerprint density at radius 3 is 2.61 bits per heavy atom. The lowest BCUT2D eigenvalue weighted by Gasteiger charge is -2.32. The van der Waals surface area contributed by atoms with Gasteiger partial charge in [-0.25, -0.2) is 8.42 Å². The van der Waals surface area contributed by atoms with Gasteiger partial charge in [0.05, 0.1) is 15.1 Å². The van der Waals surface area contributed by atoms with Crippen LogP contribution in [0, 0.1) is 0 Å². The number of amides is 1. The first-order valence-electron chi connectivity index (χ1n) is 10.4. The van der Waals surface area contributed by atoms with Crippen LogP contribution >= 0.6 is 11.3 Å². The molecule has 2 aromatic carbocycles. The summed E-state index contributed by atoms with van der Waals surface area (Å²) in [6.45, 7) is 2.76. The first-order valence-corrected chi connectivity index (χ1v) is 12.6. The predicted octanol–water partition coefficient (Wildman–Crippen LogP) is 3.65. The molecule has 3 aromatic rings. The topological polar surface area (TPSA) is 88.5 Å². The average molecular weight is 460 g/mol. The Labute approximate surface area is 185 Å². The van der Waals surface area contributed by atoms with E-state index in [1.165, 1.54) is 12.1 Å². The fourth-order valence-electron chi connectivity index (χ4n) is 3.94. The minimum atomic E-state index is -3.54. The second-order valence-corrected chi connectivity index (χ2v) is 10.7. The van der Waals surface area contributed by atoms with Crippen LogP contribution in [0.25, 0.3) is 10.2 Å². The van der Waals surface area contributed by atoms with Gasteiger partial charge in [-0.05, 0) is 56.2 Å². The molecule has 1 aliphatic heterocycles. The number of anilines is 1. The van der Waals surface area contributed by atoms with Crippen molar-refractivity contribution >= 4 is 43.2 Å². The number of aryl methyl sites for hydroxylation is 1. The van der Waals surface area contributed by atoms with Crippen LogP contribution < -0.4 is 10.2 Å². The van der Waals surface area contributed by atoms with Crippen molar-refractivity contribution in [1.82, 2.24) is 8.87 Å². The first kappa shape index (κ1) is 21.7. The largest absolute Gasteiger partial charge is 0.326 e. The van der Waals surface area contributed by atoms with Gasteiger partial charge in [0.25, 0.3) is 0 Å². The number of piperidine rings is 1. The van der Waals surface area contributed by atoms with Crippen LogP contribution in [-0.2, 0) is 21.4 Å². The predicted molar refractivity (Wildman–Crippen MR) is 123 cm³/mol. The van der Waals surface area contributed by atoms with Crippen LogP contribution in [0.4, 0.5) is 5.69 Å². The van der Waals surface area contributed by atoms with E-state index in [9.17, 15) is 18.0 Å². The van der Waals surface area contributed by atoms with Crippen LogP contribution in [0.1, 0.15) is 32.6 Å². The number of carbonyl (C=O) groups is 1. The van der Waals surface area contributed by atoms with Gasteiger partial charge in [0.1, 0.15) is 0 Å². The van der Waals surface area contributed by atoms with Crippen molar-refractivity contribution in [3.8, 4) is 0 Å². The molecule has 0 spiro atoms. The second kappa shape index (κ2) is 8.94. The highest BCUT2D eigenvalue weighted by Gasteiger charge is 2.30. The van der Waals surface area contributed by atoms with Crippen molar-refractivity contribution in [2.75, 3.05) is 11.9 Å². The highest BCUT2D eigenvalue weighted by molar-refractivity contribution is 7.89. The van der Waals surface area contributed by atoms with Gasteiger partial charge in [-0.3, -0.25) is 14.2 Å². The fraction of sp³-hybridized carbons (Fsp3) is 0.364. The van der Waals surface area contributed by atoms with Crippen molar-refractivity contribution in [3.63, 3.8) is 0 Å². The number of nitrogens with one attached hydrogen (secondary N) is 1. The number of nitrogens with zero attached hydrogens (tertiary/aromatic N) is 2. The third kappa shape index (κ3) is 4.58. The van der Waals surface area contributed by atoms with Crippen LogP contribution in [0.15, 0.2) is 58.2 Å². The number of aromatic nitrogens is 1. The molecule has 9 heteroatoms. The van der Waals surface area contributed by atoms with Gasteiger partial charge in [0.2, 0.25) is 15.9 Å². The van der Waals surface area contributed by atoms with Crippen molar-refractivity contribution < 1.29 is 13.2 Å². The first-order chi connectivity index (χ1) is 14.9. The summed E-state index contributed by atoms with van der Waals surface area (Å²) in [4.78, 5) is 24.7. The zero-order chi connectivity index (χ0) is 22.0. The Morgan fingerprint density at radius 1 is 1.13 bits per heavy atom. The number of fused-ring (bicyclic) bond motifs is 1. The SMILES string of the molecule is C[C@H]1CCCCN1S(=O)(=O)c1ccc(NC(=O)CCn2c(=O)sc3ccccc32)cc1. The molecule has 1 aromatic heterocycles. The molecular weight excluding hydrogens is 434 g/mol. The minimum absolute atomic E-state index is 0.00489. The lowest BCUT2D eigenvalue weighted by atomic mass is 10.1. The van der Waals surface area contributed by atoms with E-state index in [0.717, 1.165) is 40.8 Å². The van der Waals surface area contributed by atoms with Crippen LogP contribution in [0.3, 0.4) is 0 Å². The number of hydrogen-bond donors (Lipinski definition) is 1. The quantitative estimate of drug-likeness (QED) is 0.609. The van der Waals surface area contributed by atoms with Gasteiger partial charge in [-0.1, -0.05) is 29.9 Å². The van der Waals surface area contributed by atoms with Gasteiger partial charge >= 0.3 is 4.87 Å². The molecule has 1 amide bonds. The van der Waals surface area contributed by atoms with Crippen LogP contribution in [0.2, 0.25) is 0 Å². The third-order valence-electron chi connectivity index (χ3n) is 5.62. The Morgan fingerprint density at radius 2 is 1.87 bits per heavy atom. The molecule has 2 heterocycles. The highest BCUT2D eigenvalue weighted by atomic mass is 32.2. The van der Waals surface area contributed by atoms with E-state index in [1.807, 2.05) is 31.2 Å². The lowest BCUT2D eigenvalue weighted by molar-refractivity contribution is -0.116. The van der Waals surface area contributed by atoms with E-state index in [-0.39, 0.29) is 34.7 Å². The number of hydrogen-bond acceptors (Lipinski definition) is 5. The maximum atomic E-state index is 12.9. The number of para-hydroxylation sites is 1. The molecule has 1 aliphatic rings. The van der Waals surface area contributed by atoms with Gasteiger partial charge in [-0.15, -0.1) is 0 Å². The number of carbonyl (C=O) groups excluding carboxylic acids is 1. The maximum Gasteiger partial charge on any atom is 0.308 e. The van der Waals surface area contributed by atoms with E-state index < -0.39 is 10.0 Å². The molecule has 31 heavy (non-hydrogen) atoms. The monoisotopic (exact) mass is 459 g/mol. The maximum absolute atomic E-state index is 12.9. The summed E-state index contributed by atoms with van der Waals surface area (Å²) < 4.78 is 29.9. The summed E-state index contributed by atoms with van der Waals surface area (Å²) >= 11 is 1.16. The van der Waals surface area contributed by atoms with E-state index in [2.05, 4.69) is 5.32 Å². The molecule has 7 nitrogen and oxygen atoms in total. The van der Waals surface area contributed by atoms with E-state index in [1.54, 1.807) is 21.0 Å². The molecule has 1 N–H and O–H groups in total. The smallest absolute Gasteiger partial charge is 0.308 e. The lowest BCUT2D eigenvalue weighted by Crippen LogP contribution is -2.41. The Hall–Kier alpha value is -2.49. The fourth-order valence-corrected chi connectivity index (χ4v) is 6.55. The van der Waals surface area contributed by atoms with Crippen LogP contribution in [0.5, 0.6) is 0 Å². The Balaban J connectivity index is 1.40. The molecule has 1 fully saturated rings. The molecule has 0 radical (unpaired) electrons. The van der Waals surface area contributed by atoms with Gasteiger partial charge in [0, 0.05) is 31.2 Å². The molecule has 4 rings (SSSR count). The molecule has 0 aliphatic carbocycles. The van der Waals surface area contributed by atoms with E-state index in [0.29, 0.717) is 12.2 Å². The molecule has 164 valence electrons. The Bertz CT molecular complexity index is 1250. The number of thiazole rings is 1. The molecule has 0 bridgehead atoms. The third-order valence-corrected chi connectivity index (χ3v) is 8.61. The van der Waals surface area contributed by atoms with Crippen molar-refractivity contribution in [3.05, 3.63) is 58.2 Å². The second-order valence-electron chi connectivity index (χ2n) is 7.77. The molecule has 1 atom stereocenters.